The van der Waals surface area contributed by atoms with E-state index in [9.17, 15) is 4.79 Å². The zero-order valence-corrected chi connectivity index (χ0v) is 13.1. The number of nitrogens with one attached hydrogen (secondary N) is 1. The average molecular weight is 291 g/mol. The molecule has 5 nitrogen and oxygen atoms in total. The maximum Gasteiger partial charge on any atom is 0.337 e. The fraction of sp³-hybridized carbons (Fsp3) is 0.562. The molecule has 3 N–H and O–H groups in total. The zero-order chi connectivity index (χ0) is 15.5. The van der Waals surface area contributed by atoms with Crippen molar-refractivity contribution in [3.05, 3.63) is 23.8 Å². The van der Waals surface area contributed by atoms with Gasteiger partial charge in [0.15, 0.2) is 0 Å². The Balaban J connectivity index is 2.04. The van der Waals surface area contributed by atoms with Gasteiger partial charge in [0.05, 0.1) is 24.0 Å². The van der Waals surface area contributed by atoms with E-state index in [0.717, 1.165) is 38.2 Å². The number of likely N-dealkylation sites (tertiary alicyclic amines) is 1. The maximum atomic E-state index is 11.6. The second-order valence-electron chi connectivity index (χ2n) is 6.26. The Morgan fingerprint density at radius 2 is 2.10 bits per heavy atom. The summed E-state index contributed by atoms with van der Waals surface area (Å²) in [5.41, 5.74) is 8.23. The number of piperidine rings is 1. The molecule has 0 saturated carbocycles. The van der Waals surface area contributed by atoms with Crippen LogP contribution in [0.15, 0.2) is 18.2 Å². The molecule has 0 aliphatic carbocycles. The van der Waals surface area contributed by atoms with Gasteiger partial charge >= 0.3 is 5.97 Å². The second kappa shape index (κ2) is 6.35. The van der Waals surface area contributed by atoms with E-state index < -0.39 is 0 Å². The summed E-state index contributed by atoms with van der Waals surface area (Å²) in [5, 5.41) is 3.41. The van der Waals surface area contributed by atoms with Crippen molar-refractivity contribution in [3.63, 3.8) is 0 Å². The lowest BCUT2D eigenvalue weighted by atomic mass is 9.80. The fourth-order valence-electron chi connectivity index (χ4n) is 2.60. The van der Waals surface area contributed by atoms with Crippen molar-refractivity contribution < 1.29 is 9.53 Å². The van der Waals surface area contributed by atoms with E-state index >= 15 is 0 Å². The van der Waals surface area contributed by atoms with Crippen LogP contribution in [-0.4, -0.2) is 44.7 Å². The third-order valence-corrected chi connectivity index (χ3v) is 4.37. The van der Waals surface area contributed by atoms with Gasteiger partial charge in [-0.3, -0.25) is 0 Å². The van der Waals surface area contributed by atoms with Crippen LogP contribution in [0.5, 0.6) is 0 Å². The van der Waals surface area contributed by atoms with Gasteiger partial charge in [-0.2, -0.15) is 0 Å². The first-order chi connectivity index (χ1) is 9.93. The summed E-state index contributed by atoms with van der Waals surface area (Å²) in [6.45, 7) is 5.40. The summed E-state index contributed by atoms with van der Waals surface area (Å²) in [6, 6.07) is 5.19. The van der Waals surface area contributed by atoms with Gasteiger partial charge in [-0.05, 0) is 56.6 Å². The van der Waals surface area contributed by atoms with Crippen LogP contribution in [0, 0.1) is 5.41 Å². The number of nitrogens with two attached hydrogens (primary N) is 1. The third kappa shape index (κ3) is 3.88. The molecule has 1 saturated heterocycles. The molecular weight excluding hydrogens is 266 g/mol. The number of hydrogen-bond acceptors (Lipinski definition) is 5. The Morgan fingerprint density at radius 3 is 2.71 bits per heavy atom. The lowest BCUT2D eigenvalue weighted by molar-refractivity contribution is 0.0601. The second-order valence-corrected chi connectivity index (χ2v) is 6.26. The molecule has 0 unspecified atom stereocenters. The molecule has 0 atom stereocenters. The van der Waals surface area contributed by atoms with Crippen molar-refractivity contribution in [2.45, 2.75) is 19.8 Å². The summed E-state index contributed by atoms with van der Waals surface area (Å²) in [7, 11) is 3.54. The fourth-order valence-corrected chi connectivity index (χ4v) is 2.60. The van der Waals surface area contributed by atoms with E-state index in [1.807, 2.05) is 0 Å². The molecular formula is C16H25N3O2. The Morgan fingerprint density at radius 1 is 1.43 bits per heavy atom. The molecule has 1 fully saturated rings. The van der Waals surface area contributed by atoms with E-state index in [4.69, 9.17) is 10.5 Å². The van der Waals surface area contributed by atoms with Crippen LogP contribution in [0.1, 0.15) is 30.1 Å². The minimum Gasteiger partial charge on any atom is -0.465 e. The van der Waals surface area contributed by atoms with Crippen LogP contribution in [0.25, 0.3) is 0 Å². The molecule has 1 aromatic carbocycles. The monoisotopic (exact) mass is 291 g/mol. The smallest absolute Gasteiger partial charge is 0.337 e. The SMILES string of the molecule is COC(=O)c1ccc(N)c(NCC2(C)CCN(C)CC2)c1. The third-order valence-electron chi connectivity index (χ3n) is 4.37. The Hall–Kier alpha value is -1.75. The maximum absolute atomic E-state index is 11.6. The van der Waals surface area contributed by atoms with Gasteiger partial charge in [0.2, 0.25) is 0 Å². The number of ether oxygens (including phenoxy) is 1. The van der Waals surface area contributed by atoms with Crippen LogP contribution in [-0.2, 0) is 4.74 Å². The van der Waals surface area contributed by atoms with Gasteiger partial charge in [0.1, 0.15) is 0 Å². The van der Waals surface area contributed by atoms with Crippen LogP contribution >= 0.6 is 0 Å². The Kier molecular flexibility index (Phi) is 4.73. The topological polar surface area (TPSA) is 67.6 Å². The molecule has 2 rings (SSSR count). The number of hydrogen-bond donors (Lipinski definition) is 2. The number of methoxy groups -OCH3 is 1. The van der Waals surface area contributed by atoms with Crippen LogP contribution in [0.4, 0.5) is 11.4 Å². The summed E-state index contributed by atoms with van der Waals surface area (Å²) in [4.78, 5) is 13.9. The average Bonchev–Trinajstić information content (AvgIpc) is 2.49. The number of esters is 1. The van der Waals surface area contributed by atoms with E-state index in [2.05, 4.69) is 24.2 Å². The number of benzene rings is 1. The highest BCUT2D eigenvalue weighted by atomic mass is 16.5. The van der Waals surface area contributed by atoms with Gasteiger partial charge < -0.3 is 20.7 Å². The standard InChI is InChI=1S/C16H25N3O2/c1-16(6-8-19(2)9-7-16)11-18-14-10-12(15(20)21-3)4-5-13(14)17/h4-5,10,18H,6-9,11,17H2,1-3H3. The Bertz CT molecular complexity index is 508. The number of nitrogen functional groups attached to an aromatic ring is 1. The molecule has 1 aliphatic heterocycles. The van der Waals surface area contributed by atoms with Crippen LogP contribution in [0.3, 0.4) is 0 Å². The van der Waals surface area contributed by atoms with Gasteiger partial charge in [-0.1, -0.05) is 6.92 Å². The molecule has 1 aromatic rings. The lowest BCUT2D eigenvalue weighted by Crippen LogP contribution is -2.40. The van der Waals surface area contributed by atoms with Crippen molar-refractivity contribution in [2.24, 2.45) is 5.41 Å². The van der Waals surface area contributed by atoms with E-state index in [-0.39, 0.29) is 11.4 Å². The van der Waals surface area contributed by atoms with Crippen molar-refractivity contribution in [3.8, 4) is 0 Å². The normalized spacial score (nSPS) is 18.2. The molecule has 0 aromatic heterocycles. The molecule has 0 amide bonds. The number of carbonyl (C=O) groups is 1. The van der Waals surface area contributed by atoms with Crippen molar-refractivity contribution in [1.82, 2.24) is 4.90 Å². The first-order valence-corrected chi connectivity index (χ1v) is 7.34. The number of carbonyl (C=O) groups excluding carboxylic acids is 1. The minimum atomic E-state index is -0.344. The molecule has 0 spiro atoms. The molecule has 1 aliphatic rings. The molecule has 5 heteroatoms. The highest BCUT2D eigenvalue weighted by Crippen LogP contribution is 2.31. The predicted octanol–water partition coefficient (Wildman–Crippen LogP) is 2.20. The summed E-state index contributed by atoms with van der Waals surface area (Å²) in [6.07, 6.45) is 2.32. The van der Waals surface area contributed by atoms with Crippen molar-refractivity contribution in [2.75, 3.05) is 44.8 Å². The predicted molar refractivity (Wildman–Crippen MR) is 85.5 cm³/mol. The van der Waals surface area contributed by atoms with E-state index in [1.165, 1.54) is 7.11 Å². The molecule has 21 heavy (non-hydrogen) atoms. The zero-order valence-electron chi connectivity index (χ0n) is 13.1. The molecule has 0 bridgehead atoms. The van der Waals surface area contributed by atoms with Gasteiger partial charge in [-0.15, -0.1) is 0 Å². The Labute approximate surface area is 126 Å². The highest BCUT2D eigenvalue weighted by Gasteiger charge is 2.28. The number of anilines is 2. The first-order valence-electron chi connectivity index (χ1n) is 7.34. The lowest BCUT2D eigenvalue weighted by Gasteiger charge is -2.38. The molecule has 0 radical (unpaired) electrons. The largest absolute Gasteiger partial charge is 0.465 e. The van der Waals surface area contributed by atoms with Crippen molar-refractivity contribution in [1.29, 1.82) is 0 Å². The molecule has 1 heterocycles. The van der Waals surface area contributed by atoms with Crippen molar-refractivity contribution >= 4 is 17.3 Å². The molecule has 116 valence electrons. The summed E-state index contributed by atoms with van der Waals surface area (Å²) >= 11 is 0. The van der Waals surface area contributed by atoms with E-state index in [1.54, 1.807) is 18.2 Å². The van der Waals surface area contributed by atoms with Crippen LogP contribution < -0.4 is 11.1 Å². The minimum absolute atomic E-state index is 0.264. The highest BCUT2D eigenvalue weighted by molar-refractivity contribution is 5.91. The number of nitrogens with zero attached hydrogens (tertiary/aromatic N) is 1. The van der Waals surface area contributed by atoms with E-state index in [0.29, 0.717) is 11.3 Å². The van der Waals surface area contributed by atoms with Gasteiger partial charge in [-0.25, -0.2) is 4.79 Å². The van der Waals surface area contributed by atoms with Gasteiger partial charge in [0, 0.05) is 6.54 Å². The number of rotatable bonds is 4. The van der Waals surface area contributed by atoms with Gasteiger partial charge in [0.25, 0.3) is 0 Å². The summed E-state index contributed by atoms with van der Waals surface area (Å²) in [5.74, 6) is -0.344. The summed E-state index contributed by atoms with van der Waals surface area (Å²) < 4.78 is 4.74. The first kappa shape index (κ1) is 15.6. The van der Waals surface area contributed by atoms with Crippen LogP contribution in [0.2, 0.25) is 0 Å². The quantitative estimate of drug-likeness (QED) is 0.657.